The lowest BCUT2D eigenvalue weighted by atomic mass is 10.0. The molecule has 3 heteroatoms. The van der Waals surface area contributed by atoms with Crippen molar-refractivity contribution in [2.24, 2.45) is 5.92 Å². The normalized spacial score (nSPS) is 11.7. The molecule has 0 N–H and O–H groups in total. The van der Waals surface area contributed by atoms with Crippen LogP contribution < -0.4 is 0 Å². The van der Waals surface area contributed by atoms with Gasteiger partial charge in [0, 0.05) is 19.0 Å². The molecule has 0 heterocycles. The fourth-order valence-electron chi connectivity index (χ4n) is 2.20. The fraction of sp³-hybridized carbons (Fsp3) is 0.529. The highest BCUT2D eigenvalue weighted by atomic mass is 16.2. The lowest BCUT2D eigenvalue weighted by molar-refractivity contribution is -0.135. The number of rotatable bonds is 8. The standard InChI is InChI=1S/C17H24N2O/c1-3-4-9-15(2)17(20)19(13-8-12-18)14-16-10-6-5-7-11-16/h5-7,10-11,15H,3-4,8-9,13-14H2,1-2H3. The molecule has 0 aromatic heterocycles. The maximum absolute atomic E-state index is 12.5. The van der Waals surface area contributed by atoms with Crippen molar-refractivity contribution in [2.75, 3.05) is 6.54 Å². The molecule has 0 saturated heterocycles. The molecule has 0 bridgehead atoms. The molecule has 0 saturated carbocycles. The van der Waals surface area contributed by atoms with Crippen LogP contribution in [0.4, 0.5) is 0 Å². The summed E-state index contributed by atoms with van der Waals surface area (Å²) in [5.74, 6) is 0.204. The van der Waals surface area contributed by atoms with Gasteiger partial charge in [0.15, 0.2) is 0 Å². The topological polar surface area (TPSA) is 44.1 Å². The van der Waals surface area contributed by atoms with Gasteiger partial charge in [-0.2, -0.15) is 5.26 Å². The van der Waals surface area contributed by atoms with Gasteiger partial charge in [0.25, 0.3) is 0 Å². The van der Waals surface area contributed by atoms with Gasteiger partial charge in [-0.25, -0.2) is 0 Å². The Bertz CT molecular complexity index is 436. The van der Waals surface area contributed by atoms with Crippen LogP contribution in [-0.2, 0) is 11.3 Å². The predicted octanol–water partition coefficient (Wildman–Crippen LogP) is 3.76. The first-order chi connectivity index (χ1) is 9.69. The van der Waals surface area contributed by atoms with Crippen LogP contribution in [0.15, 0.2) is 30.3 Å². The van der Waals surface area contributed by atoms with Crippen LogP contribution in [0.5, 0.6) is 0 Å². The third-order valence-corrected chi connectivity index (χ3v) is 3.43. The zero-order valence-corrected chi connectivity index (χ0v) is 12.5. The van der Waals surface area contributed by atoms with Gasteiger partial charge < -0.3 is 4.90 Å². The number of benzene rings is 1. The summed E-state index contributed by atoms with van der Waals surface area (Å²) in [6, 6.07) is 12.1. The third-order valence-electron chi connectivity index (χ3n) is 3.43. The summed E-state index contributed by atoms with van der Waals surface area (Å²) in [5.41, 5.74) is 1.11. The number of hydrogen-bond donors (Lipinski definition) is 0. The van der Waals surface area contributed by atoms with E-state index >= 15 is 0 Å². The van der Waals surface area contributed by atoms with E-state index in [9.17, 15) is 4.79 Å². The molecule has 0 aliphatic rings. The molecular formula is C17H24N2O. The Balaban J connectivity index is 2.68. The average molecular weight is 272 g/mol. The first-order valence-corrected chi connectivity index (χ1v) is 7.38. The first kappa shape index (κ1) is 16.2. The van der Waals surface area contributed by atoms with E-state index in [-0.39, 0.29) is 11.8 Å². The quantitative estimate of drug-likeness (QED) is 0.723. The first-order valence-electron chi connectivity index (χ1n) is 7.38. The van der Waals surface area contributed by atoms with Gasteiger partial charge in [-0.15, -0.1) is 0 Å². The molecule has 0 fully saturated rings. The van der Waals surface area contributed by atoms with Crippen molar-refractivity contribution < 1.29 is 4.79 Å². The molecule has 0 aliphatic carbocycles. The zero-order chi connectivity index (χ0) is 14.8. The number of amides is 1. The minimum Gasteiger partial charge on any atom is -0.337 e. The van der Waals surface area contributed by atoms with E-state index in [1.807, 2.05) is 42.2 Å². The average Bonchev–Trinajstić information content (AvgIpc) is 2.49. The van der Waals surface area contributed by atoms with Crippen LogP contribution in [0.25, 0.3) is 0 Å². The van der Waals surface area contributed by atoms with Crippen LogP contribution in [0.2, 0.25) is 0 Å². The maximum Gasteiger partial charge on any atom is 0.225 e. The summed E-state index contributed by atoms with van der Waals surface area (Å²) in [5, 5.41) is 8.76. The third kappa shape index (κ3) is 5.44. The molecule has 1 amide bonds. The molecule has 1 aromatic rings. The minimum atomic E-state index is 0.0392. The number of hydrogen-bond acceptors (Lipinski definition) is 2. The smallest absolute Gasteiger partial charge is 0.225 e. The van der Waals surface area contributed by atoms with E-state index in [1.54, 1.807) is 0 Å². The number of carbonyl (C=O) groups excluding carboxylic acids is 1. The van der Waals surface area contributed by atoms with Crippen molar-refractivity contribution in [1.82, 2.24) is 4.90 Å². The highest BCUT2D eigenvalue weighted by Gasteiger charge is 2.19. The van der Waals surface area contributed by atoms with Gasteiger partial charge in [-0.05, 0) is 12.0 Å². The Morgan fingerprint density at radius 3 is 2.65 bits per heavy atom. The SMILES string of the molecule is CCCCC(C)C(=O)N(CCC#N)Cc1ccccc1. The van der Waals surface area contributed by atoms with Gasteiger partial charge >= 0.3 is 0 Å². The second-order valence-corrected chi connectivity index (χ2v) is 5.20. The number of nitrogens with zero attached hydrogens (tertiary/aromatic N) is 2. The summed E-state index contributed by atoms with van der Waals surface area (Å²) in [7, 11) is 0. The van der Waals surface area contributed by atoms with E-state index in [4.69, 9.17) is 5.26 Å². The molecule has 0 spiro atoms. The molecule has 1 unspecified atom stereocenters. The summed E-state index contributed by atoms with van der Waals surface area (Å²) in [6.45, 7) is 5.23. The van der Waals surface area contributed by atoms with E-state index in [1.165, 1.54) is 0 Å². The van der Waals surface area contributed by atoms with E-state index in [0.717, 1.165) is 24.8 Å². The van der Waals surface area contributed by atoms with Crippen molar-refractivity contribution in [1.29, 1.82) is 5.26 Å². The Hall–Kier alpha value is -1.82. The summed E-state index contributed by atoms with van der Waals surface area (Å²) < 4.78 is 0. The van der Waals surface area contributed by atoms with Gasteiger partial charge in [-0.3, -0.25) is 4.79 Å². The zero-order valence-electron chi connectivity index (χ0n) is 12.5. The van der Waals surface area contributed by atoms with Crippen LogP contribution in [0, 0.1) is 17.2 Å². The van der Waals surface area contributed by atoms with Crippen molar-refractivity contribution in [3.8, 4) is 6.07 Å². The number of unbranched alkanes of at least 4 members (excludes halogenated alkanes) is 1. The number of nitriles is 1. The fourth-order valence-corrected chi connectivity index (χ4v) is 2.20. The number of carbonyl (C=O) groups is 1. The van der Waals surface area contributed by atoms with Crippen LogP contribution in [-0.4, -0.2) is 17.4 Å². The van der Waals surface area contributed by atoms with Gasteiger partial charge in [0.1, 0.15) is 0 Å². The van der Waals surface area contributed by atoms with Crippen LogP contribution >= 0.6 is 0 Å². The predicted molar refractivity (Wildman–Crippen MR) is 80.8 cm³/mol. The van der Waals surface area contributed by atoms with Crippen molar-refractivity contribution >= 4 is 5.91 Å². The monoisotopic (exact) mass is 272 g/mol. The summed E-state index contributed by atoms with van der Waals surface area (Å²) in [4.78, 5) is 14.3. The molecule has 0 radical (unpaired) electrons. The van der Waals surface area contributed by atoms with Crippen molar-refractivity contribution in [2.45, 2.75) is 46.1 Å². The van der Waals surface area contributed by atoms with E-state index in [0.29, 0.717) is 19.5 Å². The Morgan fingerprint density at radius 2 is 2.05 bits per heavy atom. The van der Waals surface area contributed by atoms with Gasteiger partial charge in [0.2, 0.25) is 5.91 Å². The second kappa shape index (κ2) is 9.14. The highest BCUT2D eigenvalue weighted by Crippen LogP contribution is 2.14. The van der Waals surface area contributed by atoms with Gasteiger partial charge in [0.05, 0.1) is 12.5 Å². The molecule has 108 valence electrons. The lowest BCUT2D eigenvalue weighted by Gasteiger charge is -2.25. The van der Waals surface area contributed by atoms with Crippen LogP contribution in [0.3, 0.4) is 0 Å². The Kier molecular flexibility index (Phi) is 7.42. The molecular weight excluding hydrogens is 248 g/mol. The molecule has 20 heavy (non-hydrogen) atoms. The summed E-state index contributed by atoms with van der Waals surface area (Å²) in [6.07, 6.45) is 3.49. The highest BCUT2D eigenvalue weighted by molar-refractivity contribution is 5.78. The van der Waals surface area contributed by atoms with E-state index < -0.39 is 0 Å². The molecule has 0 aliphatic heterocycles. The largest absolute Gasteiger partial charge is 0.337 e. The second-order valence-electron chi connectivity index (χ2n) is 5.20. The molecule has 3 nitrogen and oxygen atoms in total. The van der Waals surface area contributed by atoms with Crippen molar-refractivity contribution in [3.63, 3.8) is 0 Å². The lowest BCUT2D eigenvalue weighted by Crippen LogP contribution is -2.35. The Morgan fingerprint density at radius 1 is 1.35 bits per heavy atom. The summed E-state index contributed by atoms with van der Waals surface area (Å²) >= 11 is 0. The van der Waals surface area contributed by atoms with Crippen molar-refractivity contribution in [3.05, 3.63) is 35.9 Å². The maximum atomic E-state index is 12.5. The molecule has 1 atom stereocenters. The Labute approximate surface area is 122 Å². The molecule has 1 aromatic carbocycles. The molecule has 1 rings (SSSR count). The minimum absolute atomic E-state index is 0.0392. The van der Waals surface area contributed by atoms with E-state index in [2.05, 4.69) is 13.0 Å². The van der Waals surface area contributed by atoms with Crippen LogP contribution in [0.1, 0.15) is 45.1 Å². The van der Waals surface area contributed by atoms with Gasteiger partial charge in [-0.1, -0.05) is 57.0 Å².